The third-order valence-corrected chi connectivity index (χ3v) is 4.66. The molecule has 0 saturated heterocycles. The largest absolute Gasteiger partial charge is 0.486 e. The average molecular weight is 338 g/mol. The second-order valence-electron chi connectivity index (χ2n) is 6.38. The number of rotatable bonds is 5. The van der Waals surface area contributed by atoms with E-state index in [1.54, 1.807) is 0 Å². The molecule has 2 aliphatic heterocycles. The van der Waals surface area contributed by atoms with Gasteiger partial charge in [-0.25, -0.2) is 0 Å². The van der Waals surface area contributed by atoms with Crippen LogP contribution in [0.1, 0.15) is 11.1 Å². The van der Waals surface area contributed by atoms with Gasteiger partial charge in [0, 0.05) is 18.8 Å². The number of hydrogen-bond acceptors (Lipinski definition) is 4. The fourth-order valence-electron chi connectivity index (χ4n) is 3.39. The normalized spacial score (nSPS) is 15.0. The molecule has 2 heterocycles. The summed E-state index contributed by atoms with van der Waals surface area (Å²) in [5, 5.41) is 3.02. The summed E-state index contributed by atoms with van der Waals surface area (Å²) < 4.78 is 11.1. The second kappa shape index (κ2) is 7.05. The minimum Gasteiger partial charge on any atom is -0.486 e. The number of ether oxygens (including phenoxy) is 2. The van der Waals surface area contributed by atoms with Gasteiger partial charge in [-0.2, -0.15) is 0 Å². The van der Waals surface area contributed by atoms with Crippen LogP contribution in [0.2, 0.25) is 0 Å². The molecule has 2 aromatic carbocycles. The zero-order chi connectivity index (χ0) is 17.1. The number of amides is 1. The van der Waals surface area contributed by atoms with Crippen LogP contribution in [0.4, 0.5) is 5.69 Å². The number of carbonyl (C=O) groups is 1. The van der Waals surface area contributed by atoms with Crippen LogP contribution in [0.5, 0.6) is 11.5 Å². The van der Waals surface area contributed by atoms with E-state index in [0.29, 0.717) is 26.3 Å². The number of fused-ring (bicyclic) bond motifs is 2. The minimum atomic E-state index is 0.0641. The van der Waals surface area contributed by atoms with E-state index in [1.807, 2.05) is 24.3 Å². The van der Waals surface area contributed by atoms with Gasteiger partial charge in [0.1, 0.15) is 13.2 Å². The predicted octanol–water partition coefficient (Wildman–Crippen LogP) is 2.18. The quantitative estimate of drug-likeness (QED) is 0.908. The maximum absolute atomic E-state index is 12.2. The second-order valence-corrected chi connectivity index (χ2v) is 6.38. The average Bonchev–Trinajstić information content (AvgIpc) is 3.05. The molecule has 0 aromatic heterocycles. The van der Waals surface area contributed by atoms with Gasteiger partial charge in [-0.3, -0.25) is 4.79 Å². The van der Waals surface area contributed by atoms with Crippen molar-refractivity contribution in [1.29, 1.82) is 0 Å². The van der Waals surface area contributed by atoms with Crippen LogP contribution >= 0.6 is 0 Å². The lowest BCUT2D eigenvalue weighted by Crippen LogP contribution is -2.37. The molecular weight excluding hydrogens is 316 g/mol. The summed E-state index contributed by atoms with van der Waals surface area (Å²) in [6.07, 6.45) is 1.79. The molecule has 0 saturated carbocycles. The molecule has 2 aliphatic rings. The summed E-state index contributed by atoms with van der Waals surface area (Å²) in [5.74, 6) is 1.66. The number of benzene rings is 2. The Morgan fingerprint density at radius 3 is 2.84 bits per heavy atom. The zero-order valence-corrected chi connectivity index (χ0v) is 14.2. The molecular formula is C20H22N2O3. The van der Waals surface area contributed by atoms with Crippen LogP contribution in [-0.2, 0) is 17.6 Å². The molecule has 2 aromatic rings. The van der Waals surface area contributed by atoms with Gasteiger partial charge in [-0.1, -0.05) is 24.3 Å². The number of para-hydroxylation sites is 1. The Kier molecular flexibility index (Phi) is 4.46. The van der Waals surface area contributed by atoms with Gasteiger partial charge >= 0.3 is 0 Å². The lowest BCUT2D eigenvalue weighted by molar-refractivity contribution is -0.119. The number of hydrogen-bond donors (Lipinski definition) is 1. The van der Waals surface area contributed by atoms with Gasteiger partial charge in [0.15, 0.2) is 11.5 Å². The van der Waals surface area contributed by atoms with Crippen molar-refractivity contribution in [3.05, 3.63) is 53.6 Å². The maximum Gasteiger partial charge on any atom is 0.239 e. The first-order valence-electron chi connectivity index (χ1n) is 8.78. The van der Waals surface area contributed by atoms with Gasteiger partial charge in [-0.15, -0.1) is 0 Å². The van der Waals surface area contributed by atoms with Crippen LogP contribution in [0.15, 0.2) is 42.5 Å². The Morgan fingerprint density at radius 2 is 1.92 bits per heavy atom. The molecule has 0 fully saturated rings. The molecule has 0 spiro atoms. The van der Waals surface area contributed by atoms with Crippen molar-refractivity contribution in [3.63, 3.8) is 0 Å². The highest BCUT2D eigenvalue weighted by molar-refractivity contribution is 5.82. The molecule has 130 valence electrons. The molecule has 5 heteroatoms. The van der Waals surface area contributed by atoms with E-state index in [-0.39, 0.29) is 5.91 Å². The van der Waals surface area contributed by atoms with E-state index < -0.39 is 0 Å². The van der Waals surface area contributed by atoms with Crippen LogP contribution < -0.4 is 19.7 Å². The Labute approximate surface area is 147 Å². The van der Waals surface area contributed by atoms with Crippen molar-refractivity contribution in [2.75, 3.05) is 37.7 Å². The Morgan fingerprint density at radius 1 is 1.08 bits per heavy atom. The van der Waals surface area contributed by atoms with Crippen LogP contribution in [0, 0.1) is 0 Å². The summed E-state index contributed by atoms with van der Waals surface area (Å²) in [6.45, 7) is 3.13. The van der Waals surface area contributed by atoms with Crippen molar-refractivity contribution >= 4 is 11.6 Å². The Bertz CT molecular complexity index is 775. The zero-order valence-electron chi connectivity index (χ0n) is 14.2. The molecule has 25 heavy (non-hydrogen) atoms. The van der Waals surface area contributed by atoms with Crippen LogP contribution in [0.25, 0.3) is 0 Å². The number of nitrogens with one attached hydrogen (secondary N) is 1. The Balaban J connectivity index is 1.27. The lowest BCUT2D eigenvalue weighted by Gasteiger charge is -2.19. The molecule has 0 bridgehead atoms. The predicted molar refractivity (Wildman–Crippen MR) is 96.5 cm³/mol. The molecule has 5 nitrogen and oxygen atoms in total. The first-order chi connectivity index (χ1) is 12.3. The fraction of sp³-hybridized carbons (Fsp3) is 0.350. The Hall–Kier alpha value is -2.69. The monoisotopic (exact) mass is 338 g/mol. The van der Waals surface area contributed by atoms with Gasteiger partial charge < -0.3 is 19.7 Å². The van der Waals surface area contributed by atoms with Crippen LogP contribution in [0.3, 0.4) is 0 Å². The summed E-state index contributed by atoms with van der Waals surface area (Å²) in [4.78, 5) is 14.4. The van der Waals surface area contributed by atoms with Crippen LogP contribution in [-0.4, -0.2) is 38.8 Å². The van der Waals surface area contributed by atoms with Crippen molar-refractivity contribution < 1.29 is 14.3 Å². The number of nitrogens with zero attached hydrogens (tertiary/aromatic N) is 1. The van der Waals surface area contributed by atoms with E-state index in [1.165, 1.54) is 11.3 Å². The van der Waals surface area contributed by atoms with Crippen molar-refractivity contribution in [3.8, 4) is 11.5 Å². The molecule has 0 atom stereocenters. The maximum atomic E-state index is 12.2. The SMILES string of the molecule is O=C(CN1CCc2ccccc21)NCCc1ccc2c(c1)OCCO2. The number of anilines is 1. The first-order valence-corrected chi connectivity index (χ1v) is 8.78. The number of carbonyl (C=O) groups excluding carboxylic acids is 1. The highest BCUT2D eigenvalue weighted by Gasteiger charge is 2.20. The highest BCUT2D eigenvalue weighted by Crippen LogP contribution is 2.30. The van der Waals surface area contributed by atoms with Gasteiger partial charge in [-0.05, 0) is 42.2 Å². The summed E-state index contributed by atoms with van der Waals surface area (Å²) in [6, 6.07) is 14.3. The standard InChI is InChI=1S/C20H22N2O3/c23-20(14-22-10-8-16-3-1-2-4-17(16)22)21-9-7-15-5-6-18-19(13-15)25-12-11-24-18/h1-6,13H,7-12,14H2,(H,21,23). The summed E-state index contributed by atoms with van der Waals surface area (Å²) in [7, 11) is 0. The molecule has 0 aliphatic carbocycles. The third kappa shape index (κ3) is 3.55. The van der Waals surface area contributed by atoms with E-state index in [4.69, 9.17) is 9.47 Å². The highest BCUT2D eigenvalue weighted by atomic mass is 16.6. The summed E-state index contributed by atoms with van der Waals surface area (Å²) in [5.41, 5.74) is 3.65. The molecule has 1 amide bonds. The van der Waals surface area contributed by atoms with Crippen molar-refractivity contribution in [2.45, 2.75) is 12.8 Å². The smallest absolute Gasteiger partial charge is 0.239 e. The summed E-state index contributed by atoms with van der Waals surface area (Å²) >= 11 is 0. The van der Waals surface area contributed by atoms with Crippen molar-refractivity contribution in [1.82, 2.24) is 5.32 Å². The molecule has 0 radical (unpaired) electrons. The van der Waals surface area contributed by atoms with E-state index in [0.717, 1.165) is 36.4 Å². The topological polar surface area (TPSA) is 50.8 Å². The first kappa shape index (κ1) is 15.8. The fourth-order valence-corrected chi connectivity index (χ4v) is 3.39. The third-order valence-electron chi connectivity index (χ3n) is 4.66. The van der Waals surface area contributed by atoms with E-state index >= 15 is 0 Å². The van der Waals surface area contributed by atoms with Gasteiger partial charge in [0.25, 0.3) is 0 Å². The van der Waals surface area contributed by atoms with Gasteiger partial charge in [0.05, 0.1) is 6.54 Å². The van der Waals surface area contributed by atoms with Crippen molar-refractivity contribution in [2.24, 2.45) is 0 Å². The van der Waals surface area contributed by atoms with E-state index in [2.05, 4.69) is 28.4 Å². The minimum absolute atomic E-state index is 0.0641. The molecule has 0 unspecified atom stereocenters. The lowest BCUT2D eigenvalue weighted by atomic mass is 10.1. The molecule has 4 rings (SSSR count). The molecule has 1 N–H and O–H groups in total. The van der Waals surface area contributed by atoms with Gasteiger partial charge in [0.2, 0.25) is 5.91 Å². The van der Waals surface area contributed by atoms with E-state index in [9.17, 15) is 4.79 Å².